The Bertz CT molecular complexity index is 2970. The third kappa shape index (κ3) is 18.9. The van der Waals surface area contributed by atoms with Crippen LogP contribution >= 0.6 is 0 Å². The van der Waals surface area contributed by atoms with Gasteiger partial charge < -0.3 is 41.0 Å². The number of unbranched alkanes of at least 4 members (excludes halogenated alkanes) is 6. The van der Waals surface area contributed by atoms with Crippen LogP contribution in [-0.4, -0.2) is 167 Å². The number of ether oxygens (including phenoxy) is 2. The van der Waals surface area contributed by atoms with Crippen LogP contribution in [0.2, 0.25) is 0 Å². The lowest BCUT2D eigenvalue weighted by atomic mass is 9.74. The van der Waals surface area contributed by atoms with Crippen LogP contribution < -0.4 is 31.9 Å². The summed E-state index contributed by atoms with van der Waals surface area (Å²) >= 11 is 0. The molecule has 1 aromatic carbocycles. The number of carbonyl (C=O) groups excluding carboxylic acids is 12. The number of piperidine rings is 1. The van der Waals surface area contributed by atoms with Gasteiger partial charge in [0.1, 0.15) is 23.5 Å². The molecule has 24 heteroatoms. The van der Waals surface area contributed by atoms with Crippen molar-refractivity contribution in [1.82, 2.24) is 46.4 Å². The van der Waals surface area contributed by atoms with Crippen molar-refractivity contribution >= 4 is 76.2 Å². The first-order valence-corrected chi connectivity index (χ1v) is 33.4. The molecule has 2 aromatic rings. The van der Waals surface area contributed by atoms with E-state index in [2.05, 4.69) is 41.9 Å². The summed E-state index contributed by atoms with van der Waals surface area (Å²) in [5.41, 5.74) is 0.200. The second-order valence-corrected chi connectivity index (χ2v) is 26.6. The van der Waals surface area contributed by atoms with Gasteiger partial charge in [-0.1, -0.05) is 98.0 Å². The van der Waals surface area contributed by atoms with E-state index < -0.39 is 82.6 Å². The zero-order chi connectivity index (χ0) is 65.2. The number of ketones is 3. The van der Waals surface area contributed by atoms with Gasteiger partial charge in [-0.05, 0) is 99.5 Å². The fourth-order valence-electron chi connectivity index (χ4n) is 13.5. The maximum atomic E-state index is 15.0. The molecule has 0 radical (unpaired) electrons. The Morgan fingerprint density at radius 1 is 0.736 bits per heavy atom. The minimum absolute atomic E-state index is 0.0187. The Hall–Kier alpha value is -7.34. The predicted molar refractivity (Wildman–Crippen MR) is 334 cm³/mol. The van der Waals surface area contributed by atoms with Crippen LogP contribution in [-0.2, 0) is 47.8 Å². The maximum Gasteiger partial charge on any atom is 0.289 e. The van der Waals surface area contributed by atoms with Gasteiger partial charge in [0.15, 0.2) is 11.6 Å². The number of fused-ring (bicyclic) bond motifs is 2. The molecule has 1 unspecified atom stereocenters. The number of rotatable bonds is 36. The van der Waals surface area contributed by atoms with Crippen LogP contribution in [0.5, 0.6) is 0 Å². The number of benzene rings is 1. The summed E-state index contributed by atoms with van der Waals surface area (Å²) in [6.45, 7) is 9.91. The lowest BCUT2D eigenvalue weighted by Crippen LogP contribution is -2.56. The highest BCUT2D eigenvalue weighted by Crippen LogP contribution is 2.45. The van der Waals surface area contributed by atoms with Gasteiger partial charge in [0.2, 0.25) is 35.3 Å². The quantitative estimate of drug-likeness (QED) is 0.0200. The molecule has 24 nitrogen and oxygen atoms in total. The fourth-order valence-corrected chi connectivity index (χ4v) is 13.5. The monoisotopic (exact) mass is 1260 g/mol. The van der Waals surface area contributed by atoms with E-state index in [0.717, 1.165) is 108 Å². The van der Waals surface area contributed by atoms with Gasteiger partial charge in [0.25, 0.3) is 23.6 Å². The molecule has 3 saturated carbocycles. The van der Waals surface area contributed by atoms with Crippen molar-refractivity contribution in [2.45, 2.75) is 212 Å². The molecule has 496 valence electrons. The van der Waals surface area contributed by atoms with E-state index in [0.29, 0.717) is 38.2 Å². The SMILES string of the molecule is CCC[C@H](NC(=O)[C@@H]1[C@H]2CCC[C@H]2CN1C(=O)[C@@H](CC(=O)[C@@H](NC(=O)c1cnc(C(=O)CCCCCCCCCNC(=O)CCOCCOCCNc2cccc3c2C(=O)N(C2CCC(=O)NC2=O)C3=O)cn1)C1CCCCC1)C(C)(C)C)C(=O)C(=O)NC1CC1. The number of carbonyl (C=O) groups is 12. The van der Waals surface area contributed by atoms with Crippen molar-refractivity contribution < 1.29 is 67.0 Å². The largest absolute Gasteiger partial charge is 0.382 e. The Labute approximate surface area is 533 Å². The third-order valence-corrected chi connectivity index (χ3v) is 18.7. The summed E-state index contributed by atoms with van der Waals surface area (Å²) in [5, 5.41) is 16.8. The summed E-state index contributed by atoms with van der Waals surface area (Å²) in [4.78, 5) is 171. The molecule has 5 fully saturated rings. The molecule has 6 N–H and O–H groups in total. The Balaban J connectivity index is 0.689. The molecule has 0 spiro atoms. The van der Waals surface area contributed by atoms with Crippen molar-refractivity contribution in [3.63, 3.8) is 0 Å². The number of Topliss-reactive ketones (excluding diaryl/α,β-unsaturated/α-hetero) is 3. The van der Waals surface area contributed by atoms with Crippen LogP contribution in [0.4, 0.5) is 5.69 Å². The van der Waals surface area contributed by atoms with E-state index in [4.69, 9.17) is 9.47 Å². The van der Waals surface area contributed by atoms with Crippen LogP contribution in [0, 0.1) is 29.1 Å². The topological polar surface area (TPSA) is 328 Å². The highest BCUT2D eigenvalue weighted by atomic mass is 16.5. The first-order valence-electron chi connectivity index (χ1n) is 33.4. The average molecular weight is 1260 g/mol. The summed E-state index contributed by atoms with van der Waals surface area (Å²) in [6.07, 6.45) is 18.4. The minimum atomic E-state index is -1.05. The van der Waals surface area contributed by atoms with Crippen molar-refractivity contribution in [2.75, 3.05) is 51.4 Å². The van der Waals surface area contributed by atoms with Crippen LogP contribution in [0.3, 0.4) is 0 Å². The van der Waals surface area contributed by atoms with Gasteiger partial charge >= 0.3 is 0 Å². The third-order valence-electron chi connectivity index (χ3n) is 18.7. The van der Waals surface area contributed by atoms with Gasteiger partial charge in [-0.25, -0.2) is 9.97 Å². The number of nitrogens with one attached hydrogen (secondary N) is 6. The number of anilines is 1. The number of amides is 9. The second kappa shape index (κ2) is 33.3. The molecule has 3 aliphatic heterocycles. The predicted octanol–water partition coefficient (Wildman–Crippen LogP) is 5.89. The highest BCUT2D eigenvalue weighted by molar-refractivity contribution is 6.38. The van der Waals surface area contributed by atoms with Crippen LogP contribution in [0.25, 0.3) is 0 Å². The van der Waals surface area contributed by atoms with Crippen LogP contribution in [0.1, 0.15) is 223 Å². The van der Waals surface area contributed by atoms with E-state index in [1.54, 1.807) is 17.0 Å². The average Bonchev–Trinajstić information content (AvgIpc) is 1.63. The molecule has 9 amide bonds. The molecule has 2 saturated heterocycles. The molecule has 91 heavy (non-hydrogen) atoms. The van der Waals surface area contributed by atoms with Gasteiger partial charge in [0.05, 0.1) is 62.0 Å². The number of hydrogen-bond acceptors (Lipinski definition) is 17. The molecule has 8 rings (SSSR count). The molecule has 4 heterocycles. The normalized spacial score (nSPS) is 20.9. The molecular formula is C67H94N10O14. The zero-order valence-corrected chi connectivity index (χ0v) is 53.5. The Morgan fingerprint density at radius 2 is 1.44 bits per heavy atom. The van der Waals surface area contributed by atoms with Gasteiger partial charge in [0, 0.05) is 63.0 Å². The van der Waals surface area contributed by atoms with Gasteiger partial charge in [-0.3, -0.25) is 67.8 Å². The van der Waals surface area contributed by atoms with Crippen molar-refractivity contribution in [1.29, 1.82) is 0 Å². The standard InChI is InChI=1S/C67H94N10O14/c1-5-18-48(59(82)63(86)72-43-26-27-43)73-62(85)58-44-22-16-21-42(44)40-76(58)65(88)46(67(2,3)4)37-53(79)57(41-19-12-11-13-20-41)75-60(83)50-39-70-49(38-71-50)52(78)25-14-9-7-6-8-10-15-31-69-54(80)30-33-90-35-36-91-34-32-68-47-24-17-23-45-56(47)66(89)77(64(45)87)51-28-29-55(81)74-61(51)84/h17,23-24,38-39,41-44,46,48,51,57-58,68H,5-16,18-22,25-37,40H2,1-4H3,(H,69,80)(H,72,86)(H,73,85)(H,75,83)(H,74,81,84)/t42-,44-,46+,48-,51?,57-,58-/m0/s1. The van der Waals surface area contributed by atoms with E-state index >= 15 is 0 Å². The van der Waals surface area contributed by atoms with E-state index in [9.17, 15) is 57.5 Å². The molecular weight excluding hydrogens is 1170 g/mol. The lowest BCUT2D eigenvalue weighted by Gasteiger charge is -2.37. The van der Waals surface area contributed by atoms with Crippen molar-refractivity contribution in [3.8, 4) is 0 Å². The Kier molecular flexibility index (Phi) is 25.4. The number of imide groups is 2. The maximum absolute atomic E-state index is 15.0. The molecule has 0 bridgehead atoms. The Morgan fingerprint density at radius 3 is 2.13 bits per heavy atom. The summed E-state index contributed by atoms with van der Waals surface area (Å²) < 4.78 is 11.2. The molecule has 6 aliphatic rings. The smallest absolute Gasteiger partial charge is 0.289 e. The first-order chi connectivity index (χ1) is 43.7. The number of hydrogen-bond donors (Lipinski definition) is 6. The van der Waals surface area contributed by atoms with Gasteiger partial charge in [-0.2, -0.15) is 0 Å². The number of aromatic nitrogens is 2. The minimum Gasteiger partial charge on any atom is -0.382 e. The van der Waals surface area contributed by atoms with Crippen molar-refractivity contribution in [3.05, 3.63) is 53.1 Å². The first kappa shape index (κ1) is 69.5. The molecule has 3 aliphatic carbocycles. The lowest BCUT2D eigenvalue weighted by molar-refractivity contribution is -0.148. The highest BCUT2D eigenvalue weighted by Gasteiger charge is 2.53. The van der Waals surface area contributed by atoms with Crippen LogP contribution in [0.15, 0.2) is 30.6 Å². The molecule has 7 atom stereocenters. The summed E-state index contributed by atoms with van der Waals surface area (Å²) in [6, 6.07) is 1.00. The number of likely N-dealkylation sites (tertiary alicyclic amines) is 1. The van der Waals surface area contributed by atoms with Crippen molar-refractivity contribution in [2.24, 2.45) is 29.1 Å². The fraction of sp³-hybridized carbons (Fsp3) is 0.672. The zero-order valence-electron chi connectivity index (χ0n) is 53.5. The number of nitrogens with zero attached hydrogens (tertiary/aromatic N) is 4. The van der Waals surface area contributed by atoms with E-state index in [1.165, 1.54) is 18.5 Å². The second-order valence-electron chi connectivity index (χ2n) is 26.6. The summed E-state index contributed by atoms with van der Waals surface area (Å²) in [7, 11) is 0. The molecule has 1 aromatic heterocycles. The van der Waals surface area contributed by atoms with Gasteiger partial charge in [-0.15, -0.1) is 0 Å². The van der Waals surface area contributed by atoms with E-state index in [-0.39, 0.29) is 135 Å². The summed E-state index contributed by atoms with van der Waals surface area (Å²) in [5.74, 6) is -6.63. The van der Waals surface area contributed by atoms with E-state index in [1.807, 2.05) is 27.7 Å².